The smallest absolute Gasteiger partial charge is 0.423 e. The molecule has 0 radical (unpaired) electrons. The zero-order valence-electron chi connectivity index (χ0n) is 11.4. The molecule has 1 spiro atoms. The first-order chi connectivity index (χ1) is 10.8. The Hall–Kier alpha value is -2.34. The third-order valence-electron chi connectivity index (χ3n) is 3.53. The largest absolute Gasteiger partial charge is 0.440 e. The Balaban J connectivity index is 2.34. The molecule has 2 aliphatic rings. The van der Waals surface area contributed by atoms with E-state index in [1.165, 1.54) is 24.3 Å². The minimum atomic E-state index is -4.92. The molecule has 0 N–H and O–H groups in total. The molecule has 1 aliphatic carbocycles. The average Bonchev–Trinajstić information content (AvgIpc) is 2.78. The molecule has 0 saturated heterocycles. The van der Waals surface area contributed by atoms with Crippen molar-refractivity contribution in [1.82, 2.24) is 0 Å². The van der Waals surface area contributed by atoms with E-state index in [1.807, 2.05) is 0 Å². The first kappa shape index (κ1) is 15.6. The lowest BCUT2D eigenvalue weighted by molar-refractivity contribution is -0.150. The van der Waals surface area contributed by atoms with Gasteiger partial charge in [-0.05, 0) is 17.7 Å². The van der Waals surface area contributed by atoms with Gasteiger partial charge in [0.25, 0.3) is 0 Å². The highest BCUT2D eigenvalue weighted by Gasteiger charge is 2.57. The number of rotatable bonds is 1. The van der Waals surface area contributed by atoms with Gasteiger partial charge in [0, 0.05) is 11.6 Å². The number of alkyl halides is 3. The van der Waals surface area contributed by atoms with Crippen molar-refractivity contribution in [3.8, 4) is 0 Å². The Morgan fingerprint density at radius 1 is 1.09 bits per heavy atom. The molecule has 0 bridgehead atoms. The summed E-state index contributed by atoms with van der Waals surface area (Å²) < 4.78 is 45.1. The number of allylic oxidation sites excluding steroid dienone is 2. The highest BCUT2D eigenvalue weighted by molar-refractivity contribution is 6.35. The van der Waals surface area contributed by atoms with Crippen molar-refractivity contribution in [3.63, 3.8) is 0 Å². The predicted octanol–water partition coefficient (Wildman–Crippen LogP) is 3.56. The Morgan fingerprint density at radius 3 is 2.30 bits per heavy atom. The summed E-state index contributed by atoms with van der Waals surface area (Å²) in [7, 11) is 0. The molecule has 0 aromatic heterocycles. The van der Waals surface area contributed by atoms with Crippen LogP contribution in [0.1, 0.15) is 5.56 Å². The van der Waals surface area contributed by atoms with Crippen LogP contribution in [0.15, 0.2) is 59.2 Å². The van der Waals surface area contributed by atoms with E-state index in [4.69, 9.17) is 16.3 Å². The maximum Gasteiger partial charge on any atom is 0.423 e. The molecule has 1 aromatic rings. The molecule has 1 aromatic carbocycles. The molecular weight excluding hydrogens is 333 g/mol. The molecule has 1 atom stereocenters. The summed E-state index contributed by atoms with van der Waals surface area (Å²) in [5.41, 5.74) is -3.63. The lowest BCUT2D eigenvalue weighted by Crippen LogP contribution is -2.32. The molecule has 0 unspecified atom stereocenters. The van der Waals surface area contributed by atoms with Crippen molar-refractivity contribution in [2.45, 2.75) is 11.8 Å². The Kier molecular flexibility index (Phi) is 3.44. The predicted molar refractivity (Wildman–Crippen MR) is 76.3 cm³/mol. The van der Waals surface area contributed by atoms with Gasteiger partial charge in [0.15, 0.2) is 11.4 Å². The quantitative estimate of drug-likeness (QED) is 0.734. The summed E-state index contributed by atoms with van der Waals surface area (Å²) in [5.74, 6) is -2.02. The summed E-state index contributed by atoms with van der Waals surface area (Å²) in [6.07, 6.45) is -1.87. The molecular formula is C16H8ClF3O3. The van der Waals surface area contributed by atoms with Gasteiger partial charge >= 0.3 is 12.1 Å². The molecule has 0 fully saturated rings. The Bertz CT molecular complexity index is 791. The van der Waals surface area contributed by atoms with E-state index in [1.54, 1.807) is 6.07 Å². The van der Waals surface area contributed by atoms with Gasteiger partial charge in [0.1, 0.15) is 5.57 Å². The number of benzene rings is 1. The van der Waals surface area contributed by atoms with E-state index in [9.17, 15) is 22.8 Å². The van der Waals surface area contributed by atoms with Crippen LogP contribution < -0.4 is 0 Å². The standard InChI is InChI=1S/C16H8ClF3O3/c17-11-8-10(21)6-7-15(11)12(9-4-2-1-3-5-9)13(14(22)23-15)16(18,19)20/h1-8H/t15-/m0/s1. The topological polar surface area (TPSA) is 43.4 Å². The maximum absolute atomic E-state index is 13.4. The zero-order valence-corrected chi connectivity index (χ0v) is 12.1. The SMILES string of the molecule is O=C1C=C[C@]2(OC(=O)C(C(F)(F)F)=C2c2ccccc2)C(Cl)=C1. The molecule has 0 amide bonds. The number of halogens is 4. The van der Waals surface area contributed by atoms with E-state index in [0.717, 1.165) is 18.2 Å². The second-order valence-electron chi connectivity index (χ2n) is 4.97. The van der Waals surface area contributed by atoms with Crippen LogP contribution in [0.3, 0.4) is 0 Å². The molecule has 118 valence electrons. The Labute approximate surface area is 133 Å². The summed E-state index contributed by atoms with van der Waals surface area (Å²) in [6.45, 7) is 0. The number of carbonyl (C=O) groups is 2. The van der Waals surface area contributed by atoms with E-state index in [2.05, 4.69) is 0 Å². The highest BCUT2D eigenvalue weighted by atomic mass is 35.5. The minimum Gasteiger partial charge on any atom is -0.440 e. The molecule has 0 saturated carbocycles. The molecule has 23 heavy (non-hydrogen) atoms. The third kappa shape index (κ3) is 2.39. The van der Waals surface area contributed by atoms with Crippen LogP contribution in [-0.2, 0) is 14.3 Å². The first-order valence-corrected chi connectivity index (χ1v) is 6.85. The van der Waals surface area contributed by atoms with Crippen LogP contribution in [0, 0.1) is 0 Å². The van der Waals surface area contributed by atoms with Gasteiger partial charge in [-0.1, -0.05) is 41.9 Å². The van der Waals surface area contributed by atoms with Crippen molar-refractivity contribution >= 4 is 28.9 Å². The van der Waals surface area contributed by atoms with E-state index >= 15 is 0 Å². The van der Waals surface area contributed by atoms with Gasteiger partial charge in [-0.25, -0.2) is 4.79 Å². The van der Waals surface area contributed by atoms with Gasteiger partial charge < -0.3 is 4.74 Å². The number of ether oxygens (including phenoxy) is 1. The zero-order chi connectivity index (χ0) is 16.8. The average molecular weight is 341 g/mol. The fraction of sp³-hybridized carbons (Fsp3) is 0.125. The van der Waals surface area contributed by atoms with Crippen LogP contribution in [0.2, 0.25) is 0 Å². The summed E-state index contributed by atoms with van der Waals surface area (Å²) in [4.78, 5) is 23.3. The van der Waals surface area contributed by atoms with Crippen LogP contribution in [0.4, 0.5) is 13.2 Å². The fourth-order valence-corrected chi connectivity index (χ4v) is 2.91. The normalized spacial score (nSPS) is 24.3. The number of carbonyl (C=O) groups excluding carboxylic acids is 2. The van der Waals surface area contributed by atoms with Crippen molar-refractivity contribution in [1.29, 1.82) is 0 Å². The second kappa shape index (κ2) is 5.09. The monoisotopic (exact) mass is 340 g/mol. The van der Waals surface area contributed by atoms with Crippen molar-refractivity contribution in [2.24, 2.45) is 0 Å². The summed E-state index contributed by atoms with van der Waals surface area (Å²) >= 11 is 6.01. The lowest BCUT2D eigenvalue weighted by Gasteiger charge is -2.29. The molecule has 7 heteroatoms. The first-order valence-electron chi connectivity index (χ1n) is 6.47. The van der Waals surface area contributed by atoms with Crippen molar-refractivity contribution in [3.05, 3.63) is 64.7 Å². The molecule has 1 heterocycles. The van der Waals surface area contributed by atoms with E-state index in [-0.39, 0.29) is 10.6 Å². The molecule has 1 aliphatic heterocycles. The molecule has 3 rings (SSSR count). The Morgan fingerprint density at radius 2 is 1.74 bits per heavy atom. The lowest BCUT2D eigenvalue weighted by atomic mass is 9.83. The fourth-order valence-electron chi connectivity index (χ4n) is 2.60. The maximum atomic E-state index is 13.4. The second-order valence-corrected chi connectivity index (χ2v) is 5.37. The van der Waals surface area contributed by atoms with Crippen LogP contribution in [0.5, 0.6) is 0 Å². The third-order valence-corrected chi connectivity index (χ3v) is 3.92. The number of hydrogen-bond acceptors (Lipinski definition) is 3. The van der Waals surface area contributed by atoms with Gasteiger partial charge in [-0.2, -0.15) is 13.2 Å². The number of esters is 1. The van der Waals surface area contributed by atoms with Gasteiger partial charge in [0.2, 0.25) is 0 Å². The van der Waals surface area contributed by atoms with Crippen LogP contribution in [-0.4, -0.2) is 23.5 Å². The van der Waals surface area contributed by atoms with E-state index in [0.29, 0.717) is 0 Å². The summed E-state index contributed by atoms with van der Waals surface area (Å²) in [6, 6.07) is 7.52. The van der Waals surface area contributed by atoms with E-state index < -0.39 is 34.7 Å². The van der Waals surface area contributed by atoms with Gasteiger partial charge in [0.05, 0.1) is 5.03 Å². The summed E-state index contributed by atoms with van der Waals surface area (Å²) in [5, 5.41) is -0.295. The number of ketones is 1. The highest BCUT2D eigenvalue weighted by Crippen LogP contribution is 2.51. The van der Waals surface area contributed by atoms with Crippen LogP contribution >= 0.6 is 11.6 Å². The van der Waals surface area contributed by atoms with Gasteiger partial charge in [-0.3, -0.25) is 4.79 Å². The van der Waals surface area contributed by atoms with Crippen molar-refractivity contribution < 1.29 is 27.5 Å². The number of hydrogen-bond donors (Lipinski definition) is 0. The van der Waals surface area contributed by atoms with Crippen molar-refractivity contribution in [2.75, 3.05) is 0 Å². The molecule has 3 nitrogen and oxygen atoms in total. The minimum absolute atomic E-state index is 0.135. The van der Waals surface area contributed by atoms with Gasteiger partial charge in [-0.15, -0.1) is 0 Å². The van der Waals surface area contributed by atoms with Crippen LogP contribution in [0.25, 0.3) is 5.57 Å².